The van der Waals surface area contributed by atoms with E-state index in [1.54, 1.807) is 6.07 Å². The molecule has 0 fully saturated rings. The molecule has 4 nitrogen and oxygen atoms in total. The van der Waals surface area contributed by atoms with E-state index in [9.17, 15) is 18.0 Å². The van der Waals surface area contributed by atoms with Crippen molar-refractivity contribution in [2.75, 3.05) is 7.11 Å². The van der Waals surface area contributed by atoms with Crippen LogP contribution in [-0.4, -0.2) is 23.7 Å². The number of aliphatic hydroxyl groups excluding tert-OH is 1. The van der Waals surface area contributed by atoms with E-state index in [1.165, 1.54) is 6.07 Å². The molecule has 0 spiro atoms. The zero-order valence-corrected chi connectivity index (χ0v) is 10.4. The fourth-order valence-electron chi connectivity index (χ4n) is 1.37. The molecule has 0 saturated carbocycles. The minimum Gasteiger partial charge on any atom is -0.465 e. The lowest BCUT2D eigenvalue weighted by Gasteiger charge is -2.13. The van der Waals surface area contributed by atoms with Gasteiger partial charge in [-0.1, -0.05) is 6.07 Å². The van der Waals surface area contributed by atoms with Gasteiger partial charge in [0.25, 0.3) is 0 Å². The van der Waals surface area contributed by atoms with Gasteiger partial charge in [-0.25, -0.2) is 4.79 Å². The van der Waals surface area contributed by atoms with Gasteiger partial charge in [-0.05, 0) is 23.4 Å². The van der Waals surface area contributed by atoms with Crippen LogP contribution in [0.4, 0.5) is 13.2 Å². The van der Waals surface area contributed by atoms with Crippen LogP contribution in [0.5, 0.6) is 0 Å². The summed E-state index contributed by atoms with van der Waals surface area (Å²) < 4.78 is 41.8. The summed E-state index contributed by atoms with van der Waals surface area (Å²) in [5.41, 5.74) is -5.39. The van der Waals surface area contributed by atoms with Crippen LogP contribution in [0.2, 0.25) is 0 Å². The summed E-state index contributed by atoms with van der Waals surface area (Å²) >= 11 is -0.583. The van der Waals surface area contributed by atoms with Crippen molar-refractivity contribution in [2.45, 2.75) is 17.0 Å². The van der Waals surface area contributed by atoms with Gasteiger partial charge >= 0.3 is 11.5 Å². The normalized spacial score (nSPS) is 10.9. The smallest absolute Gasteiger partial charge is 0.446 e. The Kier molecular flexibility index (Phi) is 4.80. The van der Waals surface area contributed by atoms with Gasteiger partial charge in [0.1, 0.15) is 6.07 Å². The standard InChI is InChI=1S/C11H8F3NO3S/c1-18-10(17)7-3-2-6(5-16)8(4-15)9(7)19-11(12,13)14/h2-3,16H,5H2,1H3. The molecule has 0 bridgehead atoms. The van der Waals surface area contributed by atoms with Gasteiger partial charge in [0, 0.05) is 4.90 Å². The molecule has 0 aliphatic rings. The highest BCUT2D eigenvalue weighted by Crippen LogP contribution is 2.41. The predicted molar refractivity (Wildman–Crippen MR) is 60.3 cm³/mol. The van der Waals surface area contributed by atoms with Crippen LogP contribution < -0.4 is 0 Å². The topological polar surface area (TPSA) is 70.3 Å². The highest BCUT2D eigenvalue weighted by molar-refractivity contribution is 8.00. The third-order valence-corrected chi connectivity index (χ3v) is 3.01. The Morgan fingerprint density at radius 2 is 2.16 bits per heavy atom. The Morgan fingerprint density at radius 1 is 1.53 bits per heavy atom. The second-order valence-electron chi connectivity index (χ2n) is 3.29. The number of thioether (sulfide) groups is 1. The van der Waals surface area contributed by atoms with E-state index in [0.717, 1.165) is 13.2 Å². The average molecular weight is 291 g/mol. The summed E-state index contributed by atoms with van der Waals surface area (Å²) in [5.74, 6) is -0.979. The molecule has 0 amide bonds. The Bertz CT molecular complexity index is 537. The first-order valence-corrected chi connectivity index (χ1v) is 5.66. The number of rotatable bonds is 3. The summed E-state index contributed by atoms with van der Waals surface area (Å²) in [5, 5.41) is 17.9. The van der Waals surface area contributed by atoms with Gasteiger partial charge in [-0.2, -0.15) is 18.4 Å². The number of hydrogen-bond donors (Lipinski definition) is 1. The fraction of sp³-hybridized carbons (Fsp3) is 0.273. The molecule has 102 valence electrons. The molecule has 0 aromatic heterocycles. The van der Waals surface area contributed by atoms with Crippen molar-refractivity contribution in [2.24, 2.45) is 0 Å². The lowest BCUT2D eigenvalue weighted by Crippen LogP contribution is -2.10. The molecule has 0 saturated heterocycles. The third kappa shape index (κ3) is 3.62. The van der Waals surface area contributed by atoms with E-state index in [0.29, 0.717) is 0 Å². The highest BCUT2D eigenvalue weighted by atomic mass is 32.2. The van der Waals surface area contributed by atoms with Gasteiger partial charge in [0.15, 0.2) is 0 Å². The number of methoxy groups -OCH3 is 1. The summed E-state index contributed by atoms with van der Waals surface area (Å²) in [7, 11) is 1.02. The second kappa shape index (κ2) is 5.95. The number of benzene rings is 1. The number of nitrogens with zero attached hydrogens (tertiary/aromatic N) is 1. The molecule has 0 heterocycles. The Balaban J connectivity index is 3.50. The van der Waals surface area contributed by atoms with E-state index in [2.05, 4.69) is 4.74 Å². The summed E-state index contributed by atoms with van der Waals surface area (Å²) in [6.45, 7) is -0.601. The molecule has 1 aromatic carbocycles. The van der Waals surface area contributed by atoms with E-state index in [4.69, 9.17) is 10.4 Å². The van der Waals surface area contributed by atoms with Gasteiger partial charge in [0.05, 0.1) is 24.8 Å². The van der Waals surface area contributed by atoms with Crippen LogP contribution in [-0.2, 0) is 11.3 Å². The minimum atomic E-state index is -4.66. The first-order chi connectivity index (χ1) is 8.84. The van der Waals surface area contributed by atoms with Gasteiger partial charge in [-0.3, -0.25) is 0 Å². The molecule has 19 heavy (non-hydrogen) atoms. The number of alkyl halides is 3. The number of carbonyl (C=O) groups is 1. The third-order valence-electron chi connectivity index (χ3n) is 2.15. The highest BCUT2D eigenvalue weighted by Gasteiger charge is 2.34. The molecule has 1 N–H and O–H groups in total. The zero-order chi connectivity index (χ0) is 14.6. The van der Waals surface area contributed by atoms with Crippen LogP contribution in [0.15, 0.2) is 17.0 Å². The molecule has 8 heteroatoms. The molecular weight excluding hydrogens is 283 g/mol. The van der Waals surface area contributed by atoms with Crippen molar-refractivity contribution in [3.05, 3.63) is 28.8 Å². The quantitative estimate of drug-likeness (QED) is 0.684. The number of hydrogen-bond acceptors (Lipinski definition) is 5. The largest absolute Gasteiger partial charge is 0.465 e. The van der Waals surface area contributed by atoms with Crippen molar-refractivity contribution in [1.29, 1.82) is 5.26 Å². The zero-order valence-electron chi connectivity index (χ0n) is 9.61. The van der Waals surface area contributed by atoms with Gasteiger partial charge in [0.2, 0.25) is 0 Å². The molecule has 0 radical (unpaired) electrons. The second-order valence-corrected chi connectivity index (χ2v) is 4.36. The van der Waals surface area contributed by atoms with Crippen molar-refractivity contribution >= 4 is 17.7 Å². The van der Waals surface area contributed by atoms with E-state index < -0.39 is 34.7 Å². The van der Waals surface area contributed by atoms with Gasteiger partial charge < -0.3 is 9.84 Å². The lowest BCUT2D eigenvalue weighted by atomic mass is 10.1. The van der Waals surface area contributed by atoms with Crippen LogP contribution in [0, 0.1) is 11.3 Å². The van der Waals surface area contributed by atoms with E-state index in [1.807, 2.05) is 0 Å². The summed E-state index contributed by atoms with van der Waals surface area (Å²) in [6.07, 6.45) is 0. The number of carbonyl (C=O) groups excluding carboxylic acids is 1. The van der Waals surface area contributed by atoms with Crippen molar-refractivity contribution < 1.29 is 27.8 Å². The Hall–Kier alpha value is -1.72. The molecule has 0 atom stereocenters. The molecule has 1 rings (SSSR count). The Labute approximate surface area is 110 Å². The minimum absolute atomic E-state index is 0.0157. The van der Waals surface area contributed by atoms with Crippen LogP contribution in [0.25, 0.3) is 0 Å². The lowest BCUT2D eigenvalue weighted by molar-refractivity contribution is -0.0328. The molecular formula is C11H8F3NO3S. The number of aliphatic hydroxyl groups is 1. The SMILES string of the molecule is COC(=O)c1ccc(CO)c(C#N)c1SC(F)(F)F. The monoisotopic (exact) mass is 291 g/mol. The van der Waals surface area contributed by atoms with Crippen LogP contribution >= 0.6 is 11.8 Å². The van der Waals surface area contributed by atoms with Crippen LogP contribution in [0.3, 0.4) is 0 Å². The van der Waals surface area contributed by atoms with E-state index in [-0.39, 0.29) is 16.7 Å². The number of nitriles is 1. The predicted octanol–water partition coefficient (Wildman–Crippen LogP) is 2.45. The molecule has 1 aromatic rings. The first kappa shape index (κ1) is 15.3. The number of esters is 1. The molecule has 0 unspecified atom stereocenters. The maximum absolute atomic E-state index is 12.5. The van der Waals surface area contributed by atoms with Crippen molar-refractivity contribution in [3.8, 4) is 6.07 Å². The van der Waals surface area contributed by atoms with E-state index >= 15 is 0 Å². The Morgan fingerprint density at radius 3 is 2.58 bits per heavy atom. The van der Waals surface area contributed by atoms with Crippen LogP contribution in [0.1, 0.15) is 21.5 Å². The molecule has 0 aliphatic heterocycles. The fourth-order valence-corrected chi connectivity index (χ4v) is 2.14. The summed E-state index contributed by atoms with van der Waals surface area (Å²) in [6, 6.07) is 3.87. The van der Waals surface area contributed by atoms with Crippen molar-refractivity contribution in [3.63, 3.8) is 0 Å². The first-order valence-electron chi connectivity index (χ1n) is 4.85. The maximum Gasteiger partial charge on any atom is 0.446 e. The van der Waals surface area contributed by atoms with Gasteiger partial charge in [-0.15, -0.1) is 0 Å². The maximum atomic E-state index is 12.5. The number of ether oxygens (including phenoxy) is 1. The number of halogens is 3. The molecule has 0 aliphatic carbocycles. The average Bonchev–Trinajstić information content (AvgIpc) is 2.35. The van der Waals surface area contributed by atoms with Crippen molar-refractivity contribution in [1.82, 2.24) is 0 Å². The summed E-state index contributed by atoms with van der Waals surface area (Å²) in [4.78, 5) is 10.9.